The van der Waals surface area contributed by atoms with E-state index in [-0.39, 0.29) is 11.8 Å². The Balaban J connectivity index is 1.75. The lowest BCUT2D eigenvalue weighted by atomic mass is 9.96. The summed E-state index contributed by atoms with van der Waals surface area (Å²) in [5.74, 6) is -0.162. The van der Waals surface area contributed by atoms with Gasteiger partial charge in [-0.1, -0.05) is 12.1 Å². The maximum Gasteiger partial charge on any atom is 0.252 e. The van der Waals surface area contributed by atoms with E-state index in [0.29, 0.717) is 13.1 Å². The summed E-state index contributed by atoms with van der Waals surface area (Å²) in [6, 6.07) is 9.98. The first-order chi connectivity index (χ1) is 13.7. The van der Waals surface area contributed by atoms with Crippen molar-refractivity contribution in [3.05, 3.63) is 45.9 Å². The van der Waals surface area contributed by atoms with Crippen LogP contribution in [0.3, 0.4) is 0 Å². The smallest absolute Gasteiger partial charge is 0.252 e. The van der Waals surface area contributed by atoms with Crippen molar-refractivity contribution in [1.82, 2.24) is 19.5 Å². The maximum absolute atomic E-state index is 13.2. The molecule has 2 amide bonds. The summed E-state index contributed by atoms with van der Waals surface area (Å²) in [4.78, 5) is 32.8. The number of hydrogen-bond donors (Lipinski definition) is 0. The van der Waals surface area contributed by atoms with E-state index < -0.39 is 5.54 Å². The number of nitrogens with zero attached hydrogens (tertiary/aromatic N) is 5. The zero-order valence-electron chi connectivity index (χ0n) is 16.8. The minimum Gasteiger partial charge on any atom is -0.327 e. The molecule has 1 aliphatic rings. The van der Waals surface area contributed by atoms with Crippen LogP contribution in [0.15, 0.2) is 36.7 Å². The van der Waals surface area contributed by atoms with Crippen LogP contribution in [0, 0.1) is 10.5 Å². The highest BCUT2D eigenvalue weighted by Gasteiger charge is 2.43. The average molecular weight is 503 g/mol. The SMILES string of the molecule is CC(=O)N1CCN(c2cccc(-c3cc(I)c4c(C)ncnn34)c2)C(=O)C1(C)C. The van der Waals surface area contributed by atoms with Gasteiger partial charge in [-0.05, 0) is 61.6 Å². The van der Waals surface area contributed by atoms with Gasteiger partial charge in [-0.2, -0.15) is 5.10 Å². The Bertz CT molecular complexity index is 1140. The molecule has 3 heterocycles. The van der Waals surface area contributed by atoms with E-state index in [2.05, 4.69) is 38.7 Å². The first-order valence-corrected chi connectivity index (χ1v) is 10.5. The van der Waals surface area contributed by atoms with E-state index in [4.69, 9.17) is 0 Å². The highest BCUT2D eigenvalue weighted by molar-refractivity contribution is 14.1. The van der Waals surface area contributed by atoms with Crippen LogP contribution < -0.4 is 4.90 Å². The maximum atomic E-state index is 13.2. The fraction of sp³-hybridized carbons (Fsp3) is 0.333. The van der Waals surface area contributed by atoms with Crippen molar-refractivity contribution in [2.45, 2.75) is 33.2 Å². The molecule has 7 nitrogen and oxygen atoms in total. The summed E-state index contributed by atoms with van der Waals surface area (Å²) < 4.78 is 2.97. The first kappa shape index (κ1) is 19.8. The number of rotatable bonds is 2. The van der Waals surface area contributed by atoms with E-state index >= 15 is 0 Å². The third kappa shape index (κ3) is 3.19. The summed E-state index contributed by atoms with van der Waals surface area (Å²) in [5.41, 5.74) is 3.77. The summed E-state index contributed by atoms with van der Waals surface area (Å²) in [6.07, 6.45) is 1.55. The van der Waals surface area contributed by atoms with Gasteiger partial charge in [-0.15, -0.1) is 0 Å². The average Bonchev–Trinajstić information content (AvgIpc) is 3.01. The monoisotopic (exact) mass is 503 g/mol. The van der Waals surface area contributed by atoms with Crippen molar-refractivity contribution in [3.8, 4) is 11.3 Å². The van der Waals surface area contributed by atoms with Crippen molar-refractivity contribution in [3.63, 3.8) is 0 Å². The van der Waals surface area contributed by atoms with Gasteiger partial charge >= 0.3 is 0 Å². The molecule has 0 atom stereocenters. The van der Waals surface area contributed by atoms with Crippen molar-refractivity contribution < 1.29 is 9.59 Å². The number of hydrogen-bond acceptors (Lipinski definition) is 4. The van der Waals surface area contributed by atoms with E-state index in [1.165, 1.54) is 6.92 Å². The molecule has 1 saturated heterocycles. The first-order valence-electron chi connectivity index (χ1n) is 9.41. The molecule has 0 spiro atoms. The lowest BCUT2D eigenvalue weighted by Gasteiger charge is -2.45. The minimum absolute atomic E-state index is 0.0798. The van der Waals surface area contributed by atoms with Crippen molar-refractivity contribution in [2.75, 3.05) is 18.0 Å². The predicted molar refractivity (Wildman–Crippen MR) is 120 cm³/mol. The largest absolute Gasteiger partial charge is 0.327 e. The molecular formula is C21H22IN5O2. The molecule has 0 bridgehead atoms. The molecule has 0 unspecified atom stereocenters. The molecule has 0 saturated carbocycles. The Morgan fingerprint density at radius 3 is 2.69 bits per heavy atom. The Morgan fingerprint density at radius 1 is 1.21 bits per heavy atom. The predicted octanol–water partition coefficient (Wildman–Crippen LogP) is 3.28. The van der Waals surface area contributed by atoms with Gasteiger partial charge in [0.25, 0.3) is 5.91 Å². The molecule has 1 aliphatic heterocycles. The molecule has 1 fully saturated rings. The van der Waals surface area contributed by atoms with Gasteiger partial charge in [0.2, 0.25) is 5.91 Å². The van der Waals surface area contributed by atoms with Crippen LogP contribution in [-0.2, 0) is 9.59 Å². The molecule has 0 aliphatic carbocycles. The van der Waals surface area contributed by atoms with Gasteiger partial charge in [-0.25, -0.2) is 9.50 Å². The Hall–Kier alpha value is -2.49. The number of carbonyl (C=O) groups excluding carboxylic acids is 2. The molecule has 0 radical (unpaired) electrons. The molecule has 2 aromatic heterocycles. The highest BCUT2D eigenvalue weighted by Crippen LogP contribution is 2.32. The second kappa shape index (κ2) is 7.08. The third-order valence-corrected chi connectivity index (χ3v) is 6.34. The quantitative estimate of drug-likeness (QED) is 0.504. The molecule has 1 aromatic carbocycles. The molecule has 3 aromatic rings. The van der Waals surface area contributed by atoms with E-state index in [1.807, 2.05) is 35.7 Å². The zero-order valence-corrected chi connectivity index (χ0v) is 19.0. The topological polar surface area (TPSA) is 70.8 Å². The Kier molecular flexibility index (Phi) is 4.84. The summed E-state index contributed by atoms with van der Waals surface area (Å²) >= 11 is 2.30. The molecule has 8 heteroatoms. The lowest BCUT2D eigenvalue weighted by molar-refractivity contribution is -0.145. The number of halogens is 1. The number of carbonyl (C=O) groups is 2. The van der Waals surface area contributed by atoms with Crippen LogP contribution in [0.2, 0.25) is 0 Å². The number of aromatic nitrogens is 3. The second-order valence-corrected chi connectivity index (χ2v) is 8.88. The zero-order chi connectivity index (χ0) is 20.9. The molecule has 29 heavy (non-hydrogen) atoms. The normalized spacial score (nSPS) is 16.5. The van der Waals surface area contributed by atoms with Gasteiger partial charge in [-0.3, -0.25) is 9.59 Å². The van der Waals surface area contributed by atoms with Gasteiger partial charge in [0.05, 0.1) is 16.9 Å². The lowest BCUT2D eigenvalue weighted by Crippen LogP contribution is -2.64. The summed E-state index contributed by atoms with van der Waals surface area (Å²) in [7, 11) is 0. The van der Waals surface area contributed by atoms with E-state index in [9.17, 15) is 9.59 Å². The Morgan fingerprint density at radius 2 is 1.97 bits per heavy atom. The fourth-order valence-electron chi connectivity index (χ4n) is 4.01. The van der Waals surface area contributed by atoms with Crippen LogP contribution in [-0.4, -0.2) is 49.9 Å². The number of anilines is 1. The molecule has 0 N–H and O–H groups in total. The number of aryl methyl sites for hydroxylation is 1. The summed E-state index contributed by atoms with van der Waals surface area (Å²) in [5, 5.41) is 4.42. The van der Waals surface area contributed by atoms with Gasteiger partial charge in [0.15, 0.2) is 0 Å². The van der Waals surface area contributed by atoms with Crippen LogP contribution in [0.25, 0.3) is 16.8 Å². The van der Waals surface area contributed by atoms with E-state index in [0.717, 1.165) is 31.7 Å². The standard InChI is InChI=1S/C21H22IN5O2/c1-13-19-17(22)11-18(27(19)24-12-23-13)15-6-5-7-16(10-15)25-8-9-26(14(2)28)21(3,4)20(25)29/h5-7,10-12H,8-9H2,1-4H3. The molecule has 150 valence electrons. The number of amides is 2. The van der Waals surface area contributed by atoms with Crippen LogP contribution in [0.5, 0.6) is 0 Å². The number of benzene rings is 1. The van der Waals surface area contributed by atoms with Crippen molar-refractivity contribution in [2.24, 2.45) is 0 Å². The number of piperazine rings is 1. The minimum atomic E-state index is -0.873. The highest BCUT2D eigenvalue weighted by atomic mass is 127. The fourth-order valence-corrected chi connectivity index (χ4v) is 4.92. The summed E-state index contributed by atoms with van der Waals surface area (Å²) in [6.45, 7) is 8.06. The van der Waals surface area contributed by atoms with Gasteiger partial charge in [0.1, 0.15) is 11.9 Å². The second-order valence-electron chi connectivity index (χ2n) is 7.72. The van der Waals surface area contributed by atoms with Crippen molar-refractivity contribution >= 4 is 45.6 Å². The van der Waals surface area contributed by atoms with Crippen LogP contribution in [0.4, 0.5) is 5.69 Å². The van der Waals surface area contributed by atoms with Crippen LogP contribution in [0.1, 0.15) is 26.5 Å². The third-order valence-electron chi connectivity index (χ3n) is 5.52. The van der Waals surface area contributed by atoms with Crippen molar-refractivity contribution in [1.29, 1.82) is 0 Å². The van der Waals surface area contributed by atoms with Crippen LogP contribution >= 0.6 is 22.6 Å². The molecule has 4 rings (SSSR count). The van der Waals surface area contributed by atoms with Gasteiger partial charge < -0.3 is 9.80 Å². The Labute approximate surface area is 182 Å². The molecular weight excluding hydrogens is 481 g/mol. The number of fused-ring (bicyclic) bond motifs is 1. The van der Waals surface area contributed by atoms with Gasteiger partial charge in [0, 0.05) is 34.8 Å². The van der Waals surface area contributed by atoms with E-state index in [1.54, 1.807) is 30.0 Å².